The zero-order valence-corrected chi connectivity index (χ0v) is 20.8. The summed E-state index contributed by atoms with van der Waals surface area (Å²) in [6.07, 6.45) is 4.41. The van der Waals surface area contributed by atoms with E-state index in [1.165, 1.54) is 6.42 Å². The van der Waals surface area contributed by atoms with Crippen LogP contribution < -0.4 is 20.1 Å². The third-order valence-corrected chi connectivity index (χ3v) is 4.92. The number of guanidine groups is 1. The van der Waals surface area contributed by atoms with Gasteiger partial charge in [-0.1, -0.05) is 18.6 Å². The smallest absolute Gasteiger partial charge is 0.387 e. The van der Waals surface area contributed by atoms with E-state index in [-0.39, 0.29) is 42.0 Å². The summed E-state index contributed by atoms with van der Waals surface area (Å²) >= 11 is 0. The number of benzene rings is 1. The van der Waals surface area contributed by atoms with Crippen molar-refractivity contribution in [3.8, 4) is 11.5 Å². The molecular formula is C21H31F2IN6O2. The van der Waals surface area contributed by atoms with E-state index in [0.29, 0.717) is 31.2 Å². The van der Waals surface area contributed by atoms with Crippen molar-refractivity contribution in [2.24, 2.45) is 4.99 Å². The average molecular weight is 564 g/mol. The number of aliphatic imine (C=N–C) groups is 1. The molecule has 0 amide bonds. The van der Waals surface area contributed by atoms with Crippen molar-refractivity contribution in [3.63, 3.8) is 0 Å². The molecule has 8 nitrogen and oxygen atoms in total. The van der Waals surface area contributed by atoms with Gasteiger partial charge in [-0.3, -0.25) is 0 Å². The zero-order chi connectivity index (χ0) is 22.1. The zero-order valence-electron chi connectivity index (χ0n) is 18.4. The Morgan fingerprint density at radius 2 is 2.03 bits per heavy atom. The van der Waals surface area contributed by atoms with Gasteiger partial charge in [0.05, 0.1) is 19.7 Å². The van der Waals surface area contributed by atoms with Gasteiger partial charge in [0, 0.05) is 25.1 Å². The molecule has 0 unspecified atom stereocenters. The number of ether oxygens (including phenoxy) is 2. The summed E-state index contributed by atoms with van der Waals surface area (Å²) in [7, 11) is 0. The molecule has 11 heteroatoms. The Kier molecular flexibility index (Phi) is 10.9. The van der Waals surface area contributed by atoms with Crippen molar-refractivity contribution in [1.82, 2.24) is 25.4 Å². The second kappa shape index (κ2) is 13.4. The highest BCUT2D eigenvalue weighted by Gasteiger charge is 2.17. The minimum Gasteiger partial charge on any atom is -0.490 e. The van der Waals surface area contributed by atoms with Crippen molar-refractivity contribution in [3.05, 3.63) is 35.4 Å². The third kappa shape index (κ3) is 7.17. The lowest BCUT2D eigenvalue weighted by molar-refractivity contribution is -0.0520. The van der Waals surface area contributed by atoms with Crippen LogP contribution in [0.5, 0.6) is 11.5 Å². The van der Waals surface area contributed by atoms with Crippen LogP contribution in [-0.2, 0) is 26.1 Å². The van der Waals surface area contributed by atoms with Gasteiger partial charge in [0.2, 0.25) is 0 Å². The lowest BCUT2D eigenvalue weighted by atomic mass is 10.2. The monoisotopic (exact) mass is 564 g/mol. The second-order valence-electron chi connectivity index (χ2n) is 7.10. The van der Waals surface area contributed by atoms with Gasteiger partial charge in [-0.25, -0.2) is 4.99 Å². The Bertz CT molecular complexity index is 878. The van der Waals surface area contributed by atoms with Gasteiger partial charge < -0.3 is 24.7 Å². The third-order valence-electron chi connectivity index (χ3n) is 4.92. The Balaban J connectivity index is 0.00000363. The summed E-state index contributed by atoms with van der Waals surface area (Å²) in [6.45, 7) is 3.35. The van der Waals surface area contributed by atoms with Crippen LogP contribution in [0.15, 0.2) is 23.2 Å². The summed E-state index contributed by atoms with van der Waals surface area (Å²) < 4.78 is 38.2. The highest BCUT2D eigenvalue weighted by Crippen LogP contribution is 2.33. The Hall–Kier alpha value is -2.18. The predicted molar refractivity (Wildman–Crippen MR) is 129 cm³/mol. The van der Waals surface area contributed by atoms with Crippen molar-refractivity contribution in [2.45, 2.75) is 65.8 Å². The largest absolute Gasteiger partial charge is 0.490 e. The molecule has 1 aliphatic rings. The number of halogens is 3. The molecule has 0 spiro atoms. The number of hydrogen-bond acceptors (Lipinski definition) is 5. The average Bonchev–Trinajstić information content (AvgIpc) is 2.97. The number of aromatic nitrogens is 3. The lowest BCUT2D eigenvalue weighted by Crippen LogP contribution is -2.37. The molecule has 2 heterocycles. The quantitative estimate of drug-likeness (QED) is 0.273. The molecule has 3 rings (SSSR count). The van der Waals surface area contributed by atoms with Crippen LogP contribution in [0.2, 0.25) is 0 Å². The van der Waals surface area contributed by atoms with E-state index in [2.05, 4.69) is 30.4 Å². The Morgan fingerprint density at radius 1 is 1.19 bits per heavy atom. The predicted octanol–water partition coefficient (Wildman–Crippen LogP) is 3.88. The SMILES string of the molecule is CCNC(=NCc1cccc(OCC)c1OC(F)F)NCc1nnc2n1CCCCC2.I. The van der Waals surface area contributed by atoms with E-state index >= 15 is 0 Å². The molecule has 0 aliphatic carbocycles. The van der Waals surface area contributed by atoms with Crippen molar-refractivity contribution in [2.75, 3.05) is 13.2 Å². The van der Waals surface area contributed by atoms with Crippen molar-refractivity contribution < 1.29 is 18.3 Å². The molecule has 178 valence electrons. The van der Waals surface area contributed by atoms with Gasteiger partial charge in [0.25, 0.3) is 0 Å². The van der Waals surface area contributed by atoms with E-state index in [1.54, 1.807) is 25.1 Å². The second-order valence-corrected chi connectivity index (χ2v) is 7.10. The molecule has 32 heavy (non-hydrogen) atoms. The lowest BCUT2D eigenvalue weighted by Gasteiger charge is -2.15. The van der Waals surface area contributed by atoms with Crippen LogP contribution in [0.25, 0.3) is 0 Å². The first-order valence-corrected chi connectivity index (χ1v) is 10.7. The first kappa shape index (κ1) is 26.1. The van der Waals surface area contributed by atoms with E-state index < -0.39 is 6.61 Å². The molecule has 1 aromatic carbocycles. The molecule has 1 aliphatic heterocycles. The maximum Gasteiger partial charge on any atom is 0.387 e. The number of fused-ring (bicyclic) bond motifs is 1. The molecule has 2 N–H and O–H groups in total. The molecule has 0 fully saturated rings. The van der Waals surface area contributed by atoms with Crippen LogP contribution in [0, 0.1) is 0 Å². The van der Waals surface area contributed by atoms with Crippen LogP contribution in [0.1, 0.15) is 50.3 Å². The number of nitrogens with zero attached hydrogens (tertiary/aromatic N) is 4. The Labute approximate surface area is 204 Å². The minimum atomic E-state index is -2.95. The summed E-state index contributed by atoms with van der Waals surface area (Å²) in [5.41, 5.74) is 0.514. The van der Waals surface area contributed by atoms with Gasteiger partial charge in [-0.2, -0.15) is 8.78 Å². The fraction of sp³-hybridized carbons (Fsp3) is 0.571. The van der Waals surface area contributed by atoms with E-state index in [1.807, 2.05) is 6.92 Å². The standard InChI is InChI=1S/C21H30F2N6O2.HI/c1-3-24-21(26-14-18-28-27-17-11-6-5-7-12-29(17)18)25-13-15-9-8-10-16(30-4-2)19(15)31-20(22)23;/h8-10,20H,3-7,11-14H2,1-2H3,(H2,24,25,26);1H. The molecule has 0 radical (unpaired) electrons. The highest BCUT2D eigenvalue weighted by atomic mass is 127. The van der Waals surface area contributed by atoms with Crippen LogP contribution in [-0.4, -0.2) is 40.5 Å². The van der Waals surface area contributed by atoms with E-state index in [9.17, 15) is 8.78 Å². The topological polar surface area (TPSA) is 85.6 Å². The highest BCUT2D eigenvalue weighted by molar-refractivity contribution is 14.0. The van der Waals surface area contributed by atoms with Crippen molar-refractivity contribution in [1.29, 1.82) is 0 Å². The number of aryl methyl sites for hydroxylation is 1. The summed E-state index contributed by atoms with van der Waals surface area (Å²) in [6, 6.07) is 5.04. The van der Waals surface area contributed by atoms with Gasteiger partial charge >= 0.3 is 6.61 Å². The van der Waals surface area contributed by atoms with Gasteiger partial charge in [-0.05, 0) is 32.8 Å². The molecule has 0 atom stereocenters. The number of nitrogens with one attached hydrogen (secondary N) is 2. The van der Waals surface area contributed by atoms with E-state index in [0.717, 1.165) is 37.5 Å². The number of hydrogen-bond donors (Lipinski definition) is 2. The molecular weight excluding hydrogens is 533 g/mol. The van der Waals surface area contributed by atoms with Gasteiger partial charge in [-0.15, -0.1) is 34.2 Å². The van der Waals surface area contributed by atoms with Crippen LogP contribution in [0.4, 0.5) is 8.78 Å². The summed E-state index contributed by atoms with van der Waals surface area (Å²) in [5, 5.41) is 15.1. The van der Waals surface area contributed by atoms with Gasteiger partial charge in [0.15, 0.2) is 23.3 Å². The van der Waals surface area contributed by atoms with Crippen LogP contribution in [0.3, 0.4) is 0 Å². The Morgan fingerprint density at radius 3 is 2.78 bits per heavy atom. The maximum absolute atomic E-state index is 12.9. The fourth-order valence-electron chi connectivity index (χ4n) is 3.52. The number of para-hydroxylation sites is 1. The molecule has 2 aromatic rings. The molecule has 0 bridgehead atoms. The summed E-state index contributed by atoms with van der Waals surface area (Å²) in [5.74, 6) is 2.74. The minimum absolute atomic E-state index is 0. The number of rotatable bonds is 9. The van der Waals surface area contributed by atoms with Gasteiger partial charge in [0.1, 0.15) is 5.82 Å². The molecule has 0 saturated carbocycles. The first-order chi connectivity index (χ1) is 15.1. The molecule has 1 aromatic heterocycles. The number of alkyl halides is 2. The molecule has 0 saturated heterocycles. The van der Waals surface area contributed by atoms with Crippen molar-refractivity contribution >= 4 is 29.9 Å². The normalized spacial score (nSPS) is 13.7. The summed E-state index contributed by atoms with van der Waals surface area (Å²) in [4.78, 5) is 4.54. The first-order valence-electron chi connectivity index (χ1n) is 10.7. The maximum atomic E-state index is 12.9. The van der Waals surface area contributed by atoms with E-state index in [4.69, 9.17) is 9.47 Å². The fourth-order valence-corrected chi connectivity index (χ4v) is 3.52. The van der Waals surface area contributed by atoms with Crippen LogP contribution >= 0.6 is 24.0 Å².